The molecule has 0 aliphatic heterocycles. The Kier molecular flexibility index (Phi) is 5.83. The van der Waals surface area contributed by atoms with Gasteiger partial charge in [0, 0.05) is 11.7 Å². The number of anilines is 1. The highest BCUT2D eigenvalue weighted by Gasteiger charge is 2.53. The summed E-state index contributed by atoms with van der Waals surface area (Å²) in [6.07, 6.45) is 8.83. The minimum Gasteiger partial charge on any atom is -0.459 e. The Morgan fingerprint density at radius 3 is 2.21 bits per heavy atom. The van der Waals surface area contributed by atoms with E-state index >= 15 is 0 Å². The summed E-state index contributed by atoms with van der Waals surface area (Å²) in [5.74, 6) is 2.00. The fourth-order valence-electron chi connectivity index (χ4n) is 6.59. The molecule has 1 atom stereocenters. The highest BCUT2D eigenvalue weighted by atomic mass is 32.2. The number of sulfonamides is 1. The lowest BCUT2D eigenvalue weighted by atomic mass is 9.48. The van der Waals surface area contributed by atoms with Crippen molar-refractivity contribution in [2.45, 2.75) is 56.4 Å². The molecule has 1 aromatic carbocycles. The van der Waals surface area contributed by atoms with Crippen molar-refractivity contribution in [3.8, 4) is 0 Å². The molecule has 9 heteroatoms. The maximum Gasteiger partial charge on any atom is 0.293 e. The van der Waals surface area contributed by atoms with E-state index in [0.29, 0.717) is 5.69 Å². The van der Waals surface area contributed by atoms with E-state index in [0.717, 1.165) is 37.0 Å². The van der Waals surface area contributed by atoms with Crippen molar-refractivity contribution in [1.82, 2.24) is 10.0 Å². The van der Waals surface area contributed by atoms with Gasteiger partial charge in [-0.05, 0) is 117 Å². The Bertz CT molecular complexity index is 1110. The molecule has 0 saturated heterocycles. The second-order valence-electron chi connectivity index (χ2n) is 10.0. The first-order chi connectivity index (χ1) is 15.7. The number of hydrogen-bond acceptors (Lipinski definition) is 5. The Labute approximate surface area is 199 Å². The van der Waals surface area contributed by atoms with E-state index in [1.54, 1.807) is 30.3 Å². The molecule has 1 amide bonds. The number of amides is 1. The first-order valence-electron chi connectivity index (χ1n) is 11.5. The minimum atomic E-state index is -3.64. The maximum absolute atomic E-state index is 13.1. The smallest absolute Gasteiger partial charge is 0.293 e. The van der Waals surface area contributed by atoms with E-state index in [4.69, 9.17) is 16.6 Å². The number of furan rings is 1. The zero-order valence-electron chi connectivity index (χ0n) is 18.5. The van der Waals surface area contributed by atoms with Crippen LogP contribution in [0.3, 0.4) is 0 Å². The van der Waals surface area contributed by atoms with Gasteiger partial charge in [0.25, 0.3) is 5.91 Å². The fourth-order valence-corrected chi connectivity index (χ4v) is 8.14. The zero-order chi connectivity index (χ0) is 23.2. The third kappa shape index (κ3) is 4.58. The van der Waals surface area contributed by atoms with E-state index in [9.17, 15) is 13.2 Å². The zero-order valence-corrected chi connectivity index (χ0v) is 20.2. The van der Waals surface area contributed by atoms with E-state index in [-0.39, 0.29) is 27.2 Å². The largest absolute Gasteiger partial charge is 0.459 e. The lowest BCUT2D eigenvalue weighted by Gasteiger charge is -2.59. The average Bonchev–Trinajstić information content (AvgIpc) is 3.28. The number of carbonyl (C=O) groups is 1. The van der Waals surface area contributed by atoms with Gasteiger partial charge in [-0.1, -0.05) is 0 Å². The van der Waals surface area contributed by atoms with Crippen LogP contribution in [-0.2, 0) is 10.0 Å². The fraction of sp³-hybridized carbons (Fsp3) is 0.500. The summed E-state index contributed by atoms with van der Waals surface area (Å²) < 4.78 is 34.3. The van der Waals surface area contributed by atoms with Gasteiger partial charge in [0.2, 0.25) is 10.0 Å². The van der Waals surface area contributed by atoms with Crippen LogP contribution >= 0.6 is 12.2 Å². The van der Waals surface area contributed by atoms with Crippen molar-refractivity contribution in [2.75, 3.05) is 5.32 Å². The molecule has 0 spiro atoms. The molecule has 4 aliphatic carbocycles. The molecule has 33 heavy (non-hydrogen) atoms. The first-order valence-corrected chi connectivity index (χ1v) is 13.4. The molecule has 6 rings (SSSR count). The molecule has 0 radical (unpaired) electrons. The molecular formula is C24H29N3O4S2. The Morgan fingerprint density at radius 2 is 1.67 bits per heavy atom. The van der Waals surface area contributed by atoms with Crippen molar-refractivity contribution in [3.05, 3.63) is 48.4 Å². The highest BCUT2D eigenvalue weighted by molar-refractivity contribution is 7.89. The number of rotatable bonds is 6. The second kappa shape index (κ2) is 8.52. The molecule has 4 aliphatic rings. The van der Waals surface area contributed by atoms with Gasteiger partial charge in [0.05, 0.1) is 11.2 Å². The van der Waals surface area contributed by atoms with Gasteiger partial charge < -0.3 is 9.73 Å². The molecular weight excluding hydrogens is 458 g/mol. The van der Waals surface area contributed by atoms with Gasteiger partial charge in [-0.2, -0.15) is 0 Å². The summed E-state index contributed by atoms with van der Waals surface area (Å²) in [6.45, 7) is 2.04. The SMILES string of the molecule is C[C@H](NS(=O)(=O)c1ccc(NC(=S)NC(=O)c2ccco2)cc1)C12CC3CC(CC(C3)C1)C2. The Balaban J connectivity index is 1.21. The maximum atomic E-state index is 13.1. The highest BCUT2D eigenvalue weighted by Crippen LogP contribution is 2.61. The van der Waals surface area contributed by atoms with Gasteiger partial charge in [-0.25, -0.2) is 13.1 Å². The van der Waals surface area contributed by atoms with E-state index in [1.165, 1.54) is 31.6 Å². The van der Waals surface area contributed by atoms with Gasteiger partial charge in [-0.15, -0.1) is 0 Å². The van der Waals surface area contributed by atoms with Gasteiger partial charge >= 0.3 is 0 Å². The van der Waals surface area contributed by atoms with Crippen molar-refractivity contribution in [2.24, 2.45) is 23.2 Å². The average molecular weight is 488 g/mol. The van der Waals surface area contributed by atoms with Gasteiger partial charge in [-0.3, -0.25) is 10.1 Å². The van der Waals surface area contributed by atoms with Crippen LogP contribution < -0.4 is 15.4 Å². The van der Waals surface area contributed by atoms with Crippen LogP contribution in [0.15, 0.2) is 52.0 Å². The standard InChI is InChI=1S/C24H29N3O4S2/c1-15(24-12-16-9-17(13-24)11-18(10-16)14-24)27-33(29,30)20-6-4-19(5-7-20)25-23(32)26-22(28)21-3-2-8-31-21/h2-8,15-18,27H,9-14H2,1H3,(H2,25,26,28,32)/t15-,16?,17?,18?,24?/m0/s1. The molecule has 1 heterocycles. The van der Waals surface area contributed by atoms with Gasteiger partial charge in [0.1, 0.15) is 0 Å². The Morgan fingerprint density at radius 1 is 1.06 bits per heavy atom. The van der Waals surface area contributed by atoms with Crippen molar-refractivity contribution >= 4 is 38.9 Å². The molecule has 1 aromatic heterocycles. The lowest BCUT2D eigenvalue weighted by Crippen LogP contribution is -2.55. The van der Waals surface area contributed by atoms with Crippen molar-refractivity contribution in [1.29, 1.82) is 0 Å². The van der Waals surface area contributed by atoms with Crippen LogP contribution in [0.1, 0.15) is 56.0 Å². The third-order valence-electron chi connectivity index (χ3n) is 7.73. The summed E-state index contributed by atoms with van der Waals surface area (Å²) in [4.78, 5) is 12.2. The summed E-state index contributed by atoms with van der Waals surface area (Å²) in [7, 11) is -3.64. The first kappa shape index (κ1) is 22.6. The quantitative estimate of drug-likeness (QED) is 0.526. The normalized spacial score (nSPS) is 28.9. The van der Waals surface area contributed by atoms with Crippen LogP contribution in [-0.4, -0.2) is 25.5 Å². The van der Waals surface area contributed by atoms with Gasteiger partial charge in [0.15, 0.2) is 10.9 Å². The van der Waals surface area contributed by atoms with Crippen LogP contribution in [0, 0.1) is 23.2 Å². The molecule has 2 aromatic rings. The Hall–Kier alpha value is -2.23. The van der Waals surface area contributed by atoms with Crippen LogP contribution in [0.4, 0.5) is 5.69 Å². The van der Waals surface area contributed by atoms with E-state index in [1.807, 2.05) is 6.92 Å². The summed E-state index contributed by atoms with van der Waals surface area (Å²) in [5, 5.41) is 5.51. The molecule has 3 N–H and O–H groups in total. The summed E-state index contributed by atoms with van der Waals surface area (Å²) in [5.41, 5.74) is 0.676. The number of hydrogen-bond donors (Lipinski definition) is 3. The summed E-state index contributed by atoms with van der Waals surface area (Å²) >= 11 is 5.16. The minimum absolute atomic E-state index is 0.0851. The third-order valence-corrected chi connectivity index (χ3v) is 9.49. The number of thiocarbonyl (C=S) groups is 1. The summed E-state index contributed by atoms with van der Waals surface area (Å²) in [6, 6.07) is 9.43. The van der Waals surface area contributed by atoms with E-state index in [2.05, 4.69) is 15.4 Å². The number of carbonyl (C=O) groups excluding carboxylic acids is 1. The monoisotopic (exact) mass is 487 g/mol. The predicted molar refractivity (Wildman–Crippen MR) is 129 cm³/mol. The van der Waals surface area contributed by atoms with Crippen molar-refractivity contribution < 1.29 is 17.6 Å². The van der Waals surface area contributed by atoms with Crippen LogP contribution in [0.2, 0.25) is 0 Å². The number of nitrogens with one attached hydrogen (secondary N) is 3. The molecule has 4 bridgehead atoms. The molecule has 4 saturated carbocycles. The van der Waals surface area contributed by atoms with E-state index < -0.39 is 15.9 Å². The molecule has 7 nitrogen and oxygen atoms in total. The lowest BCUT2D eigenvalue weighted by molar-refractivity contribution is -0.0666. The topological polar surface area (TPSA) is 100 Å². The molecule has 4 fully saturated rings. The number of benzene rings is 1. The predicted octanol–water partition coefficient (Wildman–Crippen LogP) is 4.29. The second-order valence-corrected chi connectivity index (χ2v) is 12.2. The molecule has 0 unspecified atom stereocenters. The van der Waals surface area contributed by atoms with Crippen LogP contribution in [0.5, 0.6) is 0 Å². The van der Waals surface area contributed by atoms with Crippen molar-refractivity contribution in [3.63, 3.8) is 0 Å². The van der Waals surface area contributed by atoms with Crippen LogP contribution in [0.25, 0.3) is 0 Å². The molecule has 176 valence electrons.